The molecule has 0 fully saturated rings. The van der Waals surface area contributed by atoms with Crippen molar-refractivity contribution in [1.82, 2.24) is 4.90 Å². The summed E-state index contributed by atoms with van der Waals surface area (Å²) in [6.45, 7) is -0.770. The zero-order valence-electron chi connectivity index (χ0n) is 16.3. The summed E-state index contributed by atoms with van der Waals surface area (Å²) < 4.78 is 22.5. The molecule has 23 heavy (non-hydrogen) atoms. The number of rotatable bonds is 4. The van der Waals surface area contributed by atoms with Gasteiger partial charge in [0, 0.05) is 27.1 Å². The normalized spacial score (nSPS) is 15.6. The molecule has 0 atom stereocenters. The number of halogens is 2. The lowest BCUT2D eigenvalue weighted by Crippen LogP contribution is -2.24. The second-order valence-electron chi connectivity index (χ2n) is 5.83. The first kappa shape index (κ1) is 14.2. The molecule has 124 valence electrons. The van der Waals surface area contributed by atoms with Gasteiger partial charge in [0.05, 0.1) is 0 Å². The SMILES string of the molecule is Cl.[2H]C([2H])([2H])N(C)CCCN1c2ccccc2CCc2ccc(Cl)cc21. The summed E-state index contributed by atoms with van der Waals surface area (Å²) in [4.78, 5) is 3.71. The molecule has 2 nitrogen and oxygen atoms in total. The van der Waals surface area contributed by atoms with Gasteiger partial charge in [-0.2, -0.15) is 0 Å². The van der Waals surface area contributed by atoms with E-state index in [-0.39, 0.29) is 12.4 Å². The Hall–Kier alpha value is -1.22. The van der Waals surface area contributed by atoms with Crippen LogP contribution in [0, 0.1) is 0 Å². The third kappa shape index (κ3) is 4.20. The molecule has 0 bridgehead atoms. The number of para-hydroxylation sites is 1. The van der Waals surface area contributed by atoms with Crippen LogP contribution in [0.5, 0.6) is 0 Å². The third-order valence-electron chi connectivity index (χ3n) is 4.16. The monoisotopic (exact) mass is 353 g/mol. The van der Waals surface area contributed by atoms with E-state index in [1.165, 1.54) is 21.7 Å². The smallest absolute Gasteiger partial charge is 0.0458 e. The predicted octanol–water partition coefficient (Wildman–Crippen LogP) is 4.95. The first-order chi connectivity index (χ1) is 11.9. The highest BCUT2D eigenvalue weighted by Crippen LogP contribution is 2.37. The summed E-state index contributed by atoms with van der Waals surface area (Å²) >= 11 is 6.26. The fourth-order valence-corrected chi connectivity index (χ4v) is 3.26. The lowest BCUT2D eigenvalue weighted by atomic mass is 10.0. The van der Waals surface area contributed by atoms with Crippen molar-refractivity contribution in [2.75, 3.05) is 32.0 Å². The van der Waals surface area contributed by atoms with E-state index < -0.39 is 6.98 Å². The molecule has 0 aliphatic carbocycles. The molecule has 4 heteroatoms. The summed E-state index contributed by atoms with van der Waals surface area (Å²) in [5, 5.41) is 0.725. The molecule has 0 amide bonds. The lowest BCUT2D eigenvalue weighted by Gasteiger charge is -2.27. The Balaban J connectivity index is 0.00000243. The van der Waals surface area contributed by atoms with E-state index in [9.17, 15) is 0 Å². The van der Waals surface area contributed by atoms with Crippen LogP contribution in [0.4, 0.5) is 11.4 Å². The fraction of sp³-hybridized carbons (Fsp3) is 0.368. The van der Waals surface area contributed by atoms with Crippen molar-refractivity contribution in [3.05, 3.63) is 58.6 Å². The summed E-state index contributed by atoms with van der Waals surface area (Å²) in [5.41, 5.74) is 4.93. The maximum Gasteiger partial charge on any atom is 0.0458 e. The zero-order valence-corrected chi connectivity index (χ0v) is 14.8. The van der Waals surface area contributed by atoms with Crippen molar-refractivity contribution in [3.8, 4) is 0 Å². The first-order valence-corrected chi connectivity index (χ1v) is 8.09. The summed E-state index contributed by atoms with van der Waals surface area (Å²) in [6, 6.07) is 14.5. The van der Waals surface area contributed by atoms with Gasteiger partial charge in [-0.15, -0.1) is 12.4 Å². The van der Waals surface area contributed by atoms with E-state index in [4.69, 9.17) is 15.7 Å². The number of hydrogen-bond donors (Lipinski definition) is 0. The van der Waals surface area contributed by atoms with Gasteiger partial charge in [0.15, 0.2) is 0 Å². The molecule has 1 aliphatic rings. The first-order valence-electron chi connectivity index (χ1n) is 9.21. The number of aryl methyl sites for hydroxylation is 2. The summed E-state index contributed by atoms with van der Waals surface area (Å²) in [5.74, 6) is 0. The number of nitrogens with zero attached hydrogens (tertiary/aromatic N) is 2. The lowest BCUT2D eigenvalue weighted by molar-refractivity contribution is 0.402. The Kier molecular flexibility index (Phi) is 4.95. The van der Waals surface area contributed by atoms with Crippen LogP contribution >= 0.6 is 24.0 Å². The van der Waals surface area contributed by atoms with E-state index in [1.54, 1.807) is 7.05 Å². The average molecular weight is 354 g/mol. The van der Waals surface area contributed by atoms with E-state index in [0.29, 0.717) is 6.54 Å². The van der Waals surface area contributed by atoms with Gasteiger partial charge in [-0.3, -0.25) is 0 Å². The fourth-order valence-electron chi connectivity index (χ4n) is 3.09. The van der Waals surface area contributed by atoms with E-state index in [0.717, 1.165) is 36.5 Å². The standard InChI is InChI=1S/C19H23ClN2.ClH/c1-21(2)12-5-13-22-18-7-4-3-6-15(18)8-9-16-10-11-17(20)14-19(16)22;/h3-4,6-7,10-11,14H,5,8-9,12-13H2,1-2H3;1H/i1D3;. The van der Waals surface area contributed by atoms with Gasteiger partial charge in [-0.25, -0.2) is 0 Å². The van der Waals surface area contributed by atoms with Crippen molar-refractivity contribution in [2.45, 2.75) is 19.3 Å². The van der Waals surface area contributed by atoms with Crippen molar-refractivity contribution in [3.63, 3.8) is 0 Å². The zero-order chi connectivity index (χ0) is 18.0. The third-order valence-corrected chi connectivity index (χ3v) is 4.39. The van der Waals surface area contributed by atoms with Crippen LogP contribution in [-0.2, 0) is 12.8 Å². The number of anilines is 2. The molecular weight excluding hydrogens is 327 g/mol. The van der Waals surface area contributed by atoms with Gasteiger partial charge >= 0.3 is 0 Å². The van der Waals surface area contributed by atoms with Crippen LogP contribution in [-0.4, -0.2) is 32.0 Å². The Morgan fingerprint density at radius 3 is 2.65 bits per heavy atom. The Bertz CT molecular complexity index is 750. The van der Waals surface area contributed by atoms with Crippen LogP contribution in [0.25, 0.3) is 0 Å². The molecule has 0 aromatic heterocycles. The molecule has 0 unspecified atom stereocenters. The van der Waals surface area contributed by atoms with E-state index in [2.05, 4.69) is 35.2 Å². The van der Waals surface area contributed by atoms with Gasteiger partial charge in [0.1, 0.15) is 0 Å². The van der Waals surface area contributed by atoms with Crippen molar-refractivity contribution in [2.24, 2.45) is 0 Å². The molecule has 0 radical (unpaired) electrons. The van der Waals surface area contributed by atoms with Gasteiger partial charge in [-0.05, 0) is 69.2 Å². The van der Waals surface area contributed by atoms with E-state index >= 15 is 0 Å². The Labute approximate surface area is 154 Å². The van der Waals surface area contributed by atoms with Crippen molar-refractivity contribution >= 4 is 35.4 Å². The number of benzene rings is 2. The summed E-state index contributed by atoms with van der Waals surface area (Å²) in [6.07, 6.45) is 2.74. The molecule has 2 aromatic rings. The molecule has 3 rings (SSSR count). The molecule has 0 saturated carbocycles. The minimum Gasteiger partial charge on any atom is -0.341 e. The van der Waals surface area contributed by atoms with Gasteiger partial charge in [0.2, 0.25) is 0 Å². The second-order valence-corrected chi connectivity index (χ2v) is 6.26. The number of fused-ring (bicyclic) bond motifs is 2. The van der Waals surface area contributed by atoms with Crippen LogP contribution in [0.2, 0.25) is 5.02 Å². The predicted molar refractivity (Wildman–Crippen MR) is 103 cm³/mol. The van der Waals surface area contributed by atoms with Crippen LogP contribution in [0.1, 0.15) is 21.7 Å². The minimum atomic E-state index is -2.04. The van der Waals surface area contributed by atoms with Crippen LogP contribution in [0.3, 0.4) is 0 Å². The van der Waals surface area contributed by atoms with Gasteiger partial charge < -0.3 is 9.80 Å². The average Bonchev–Trinajstić information content (AvgIpc) is 2.71. The van der Waals surface area contributed by atoms with Gasteiger partial charge in [-0.1, -0.05) is 35.9 Å². The van der Waals surface area contributed by atoms with Crippen LogP contribution < -0.4 is 4.90 Å². The molecule has 0 N–H and O–H groups in total. The summed E-state index contributed by atoms with van der Waals surface area (Å²) in [7, 11) is 1.65. The molecule has 0 spiro atoms. The maximum absolute atomic E-state index is 7.49. The highest BCUT2D eigenvalue weighted by Gasteiger charge is 2.20. The molecule has 2 aromatic carbocycles. The highest BCUT2D eigenvalue weighted by molar-refractivity contribution is 6.30. The quantitative estimate of drug-likeness (QED) is 0.767. The number of hydrogen-bond acceptors (Lipinski definition) is 2. The molecule has 1 heterocycles. The topological polar surface area (TPSA) is 6.48 Å². The molecular formula is C19H24Cl2N2. The van der Waals surface area contributed by atoms with Crippen LogP contribution in [0.15, 0.2) is 42.5 Å². The van der Waals surface area contributed by atoms with Crippen molar-refractivity contribution in [1.29, 1.82) is 0 Å². The van der Waals surface area contributed by atoms with Gasteiger partial charge in [0.25, 0.3) is 0 Å². The minimum absolute atomic E-state index is 0. The Morgan fingerprint density at radius 1 is 1.13 bits per heavy atom. The largest absolute Gasteiger partial charge is 0.341 e. The Morgan fingerprint density at radius 2 is 1.87 bits per heavy atom. The molecule has 0 saturated heterocycles. The highest BCUT2D eigenvalue weighted by atomic mass is 35.5. The molecule has 1 aliphatic heterocycles. The second kappa shape index (κ2) is 8.05. The van der Waals surface area contributed by atoms with E-state index in [1.807, 2.05) is 12.1 Å². The van der Waals surface area contributed by atoms with Crippen molar-refractivity contribution < 1.29 is 4.11 Å². The maximum atomic E-state index is 7.49.